The molecule has 1 amide bonds. The Morgan fingerprint density at radius 1 is 1.16 bits per heavy atom. The maximum atomic E-state index is 12.3. The highest BCUT2D eigenvalue weighted by atomic mass is 16.2. The van der Waals surface area contributed by atoms with Crippen molar-refractivity contribution in [3.05, 3.63) is 35.9 Å². The van der Waals surface area contributed by atoms with Crippen LogP contribution < -0.4 is 0 Å². The number of hydrogen-bond donors (Lipinski definition) is 0. The largest absolute Gasteiger partial charge is 0.335 e. The second kappa shape index (κ2) is 5.36. The van der Waals surface area contributed by atoms with Gasteiger partial charge in [0, 0.05) is 19.0 Å². The van der Waals surface area contributed by atoms with Crippen molar-refractivity contribution < 1.29 is 4.79 Å². The van der Waals surface area contributed by atoms with Gasteiger partial charge in [0.2, 0.25) is 5.91 Å². The summed E-state index contributed by atoms with van der Waals surface area (Å²) in [5.41, 5.74) is 1.26. The van der Waals surface area contributed by atoms with E-state index in [2.05, 4.69) is 36.1 Å². The smallest absolute Gasteiger partial charge is 0.223 e. The van der Waals surface area contributed by atoms with Crippen molar-refractivity contribution >= 4 is 5.91 Å². The van der Waals surface area contributed by atoms with Crippen LogP contribution in [0.3, 0.4) is 0 Å². The standard InChI is InChI=1S/C17H23NO/c1-13-6-5-9-16-15(13)10-11-17(19)18(16)12-14-7-3-2-4-8-14/h2-4,7-8,13,15-16H,5-6,9-12H2,1H3/t13-,15-,16+/m0/s1. The maximum absolute atomic E-state index is 12.3. The minimum Gasteiger partial charge on any atom is -0.335 e. The molecule has 19 heavy (non-hydrogen) atoms. The molecule has 0 spiro atoms. The van der Waals surface area contributed by atoms with E-state index in [1.165, 1.54) is 24.8 Å². The van der Waals surface area contributed by atoms with Gasteiger partial charge in [-0.05, 0) is 30.2 Å². The van der Waals surface area contributed by atoms with Gasteiger partial charge in [-0.2, -0.15) is 0 Å². The van der Waals surface area contributed by atoms with Crippen LogP contribution in [0.4, 0.5) is 0 Å². The molecule has 2 fully saturated rings. The molecule has 0 bridgehead atoms. The Morgan fingerprint density at radius 3 is 2.74 bits per heavy atom. The highest BCUT2D eigenvalue weighted by Gasteiger charge is 2.40. The number of likely N-dealkylation sites (tertiary alicyclic amines) is 1. The van der Waals surface area contributed by atoms with Crippen LogP contribution in [-0.2, 0) is 11.3 Å². The molecule has 1 saturated heterocycles. The maximum Gasteiger partial charge on any atom is 0.223 e. The third-order valence-electron chi connectivity index (χ3n) is 4.99. The number of fused-ring (bicyclic) bond motifs is 1. The molecule has 1 aliphatic heterocycles. The Balaban J connectivity index is 1.79. The summed E-state index contributed by atoms with van der Waals surface area (Å²) in [5.74, 6) is 1.87. The Kier molecular flexibility index (Phi) is 3.58. The lowest BCUT2D eigenvalue weighted by Crippen LogP contribution is -2.51. The molecular formula is C17H23NO. The second-order valence-corrected chi connectivity index (χ2v) is 6.19. The molecule has 0 aromatic heterocycles. The molecule has 3 atom stereocenters. The molecule has 0 unspecified atom stereocenters. The zero-order valence-corrected chi connectivity index (χ0v) is 11.7. The van der Waals surface area contributed by atoms with Gasteiger partial charge < -0.3 is 4.90 Å². The van der Waals surface area contributed by atoms with Crippen LogP contribution in [0.15, 0.2) is 30.3 Å². The van der Waals surface area contributed by atoms with Crippen LogP contribution in [0.25, 0.3) is 0 Å². The average molecular weight is 257 g/mol. The number of rotatable bonds is 2. The molecule has 2 nitrogen and oxygen atoms in total. The molecule has 0 radical (unpaired) electrons. The van der Waals surface area contributed by atoms with Gasteiger partial charge in [-0.15, -0.1) is 0 Å². The van der Waals surface area contributed by atoms with Crippen LogP contribution in [0.5, 0.6) is 0 Å². The van der Waals surface area contributed by atoms with E-state index in [-0.39, 0.29) is 0 Å². The van der Waals surface area contributed by atoms with E-state index < -0.39 is 0 Å². The molecule has 3 rings (SSSR count). The number of piperidine rings is 1. The summed E-state index contributed by atoms with van der Waals surface area (Å²) in [6.45, 7) is 3.17. The molecule has 0 N–H and O–H groups in total. The van der Waals surface area contributed by atoms with Gasteiger partial charge in [0.05, 0.1) is 0 Å². The first kappa shape index (κ1) is 12.7. The summed E-state index contributed by atoms with van der Waals surface area (Å²) in [7, 11) is 0. The minimum atomic E-state index is 0.360. The molecule has 2 aliphatic rings. The van der Waals surface area contributed by atoms with Crippen LogP contribution in [0, 0.1) is 11.8 Å². The SMILES string of the molecule is C[C@H]1CCC[C@@H]2[C@H]1CCC(=O)N2Cc1ccccc1. The summed E-state index contributed by atoms with van der Waals surface area (Å²) >= 11 is 0. The van der Waals surface area contributed by atoms with Gasteiger partial charge in [0.25, 0.3) is 0 Å². The highest BCUT2D eigenvalue weighted by molar-refractivity contribution is 5.77. The van der Waals surface area contributed by atoms with E-state index in [0.29, 0.717) is 11.9 Å². The van der Waals surface area contributed by atoms with E-state index in [0.717, 1.165) is 31.2 Å². The Hall–Kier alpha value is -1.31. The molecular weight excluding hydrogens is 234 g/mol. The number of hydrogen-bond acceptors (Lipinski definition) is 1. The fraction of sp³-hybridized carbons (Fsp3) is 0.588. The van der Waals surface area contributed by atoms with Gasteiger partial charge in [-0.3, -0.25) is 4.79 Å². The second-order valence-electron chi connectivity index (χ2n) is 6.19. The number of benzene rings is 1. The van der Waals surface area contributed by atoms with Crippen molar-refractivity contribution in [2.75, 3.05) is 0 Å². The van der Waals surface area contributed by atoms with Crippen molar-refractivity contribution in [2.45, 2.75) is 51.6 Å². The van der Waals surface area contributed by atoms with E-state index in [1.807, 2.05) is 6.07 Å². The predicted molar refractivity (Wildman–Crippen MR) is 76.5 cm³/mol. The predicted octanol–water partition coefficient (Wildman–Crippen LogP) is 3.61. The molecule has 1 aromatic rings. The zero-order valence-electron chi connectivity index (χ0n) is 11.7. The van der Waals surface area contributed by atoms with Crippen molar-refractivity contribution in [1.82, 2.24) is 4.90 Å². The van der Waals surface area contributed by atoms with Gasteiger partial charge in [-0.1, -0.05) is 50.1 Å². The fourth-order valence-corrected chi connectivity index (χ4v) is 3.92. The third-order valence-corrected chi connectivity index (χ3v) is 4.99. The Bertz CT molecular complexity index is 442. The van der Waals surface area contributed by atoms with E-state index in [9.17, 15) is 4.79 Å². The minimum absolute atomic E-state index is 0.360. The van der Waals surface area contributed by atoms with Crippen LogP contribution in [-0.4, -0.2) is 16.8 Å². The van der Waals surface area contributed by atoms with E-state index in [4.69, 9.17) is 0 Å². The van der Waals surface area contributed by atoms with Crippen LogP contribution >= 0.6 is 0 Å². The first-order valence-electron chi connectivity index (χ1n) is 7.59. The van der Waals surface area contributed by atoms with Gasteiger partial charge in [0.15, 0.2) is 0 Å². The molecule has 1 saturated carbocycles. The summed E-state index contributed by atoms with van der Waals surface area (Å²) in [6.07, 6.45) is 5.68. The highest BCUT2D eigenvalue weighted by Crippen LogP contribution is 2.39. The quantitative estimate of drug-likeness (QED) is 0.792. The molecule has 1 aliphatic carbocycles. The number of nitrogens with zero attached hydrogens (tertiary/aromatic N) is 1. The van der Waals surface area contributed by atoms with E-state index >= 15 is 0 Å². The zero-order chi connectivity index (χ0) is 13.2. The van der Waals surface area contributed by atoms with Crippen molar-refractivity contribution in [3.8, 4) is 0 Å². The lowest BCUT2D eigenvalue weighted by atomic mass is 9.72. The molecule has 1 heterocycles. The summed E-state index contributed by atoms with van der Waals surface area (Å²) in [6, 6.07) is 10.9. The fourth-order valence-electron chi connectivity index (χ4n) is 3.92. The number of carbonyl (C=O) groups is 1. The van der Waals surface area contributed by atoms with Crippen LogP contribution in [0.2, 0.25) is 0 Å². The van der Waals surface area contributed by atoms with Crippen molar-refractivity contribution in [3.63, 3.8) is 0 Å². The Morgan fingerprint density at radius 2 is 1.95 bits per heavy atom. The Labute approximate surface area is 115 Å². The molecule has 2 heteroatoms. The van der Waals surface area contributed by atoms with Gasteiger partial charge in [-0.25, -0.2) is 0 Å². The van der Waals surface area contributed by atoms with Crippen molar-refractivity contribution in [1.29, 1.82) is 0 Å². The normalized spacial score (nSPS) is 31.1. The first-order chi connectivity index (χ1) is 9.25. The van der Waals surface area contributed by atoms with Gasteiger partial charge in [0.1, 0.15) is 0 Å². The summed E-state index contributed by atoms with van der Waals surface area (Å²) in [4.78, 5) is 14.5. The summed E-state index contributed by atoms with van der Waals surface area (Å²) < 4.78 is 0. The first-order valence-corrected chi connectivity index (χ1v) is 7.59. The molecule has 102 valence electrons. The lowest BCUT2D eigenvalue weighted by Gasteiger charge is -2.46. The average Bonchev–Trinajstić information content (AvgIpc) is 2.43. The van der Waals surface area contributed by atoms with Gasteiger partial charge >= 0.3 is 0 Å². The number of carbonyl (C=O) groups excluding carboxylic acids is 1. The van der Waals surface area contributed by atoms with E-state index in [1.54, 1.807) is 0 Å². The lowest BCUT2D eigenvalue weighted by molar-refractivity contribution is -0.142. The van der Waals surface area contributed by atoms with Crippen molar-refractivity contribution in [2.24, 2.45) is 11.8 Å². The monoisotopic (exact) mass is 257 g/mol. The molecule has 1 aromatic carbocycles. The topological polar surface area (TPSA) is 20.3 Å². The number of amides is 1. The summed E-state index contributed by atoms with van der Waals surface area (Å²) in [5, 5.41) is 0. The third kappa shape index (κ3) is 2.54. The van der Waals surface area contributed by atoms with Crippen LogP contribution in [0.1, 0.15) is 44.6 Å².